The van der Waals surface area contributed by atoms with Crippen molar-refractivity contribution in [3.8, 4) is 0 Å². The molecule has 80 valence electrons. The second-order valence-electron chi connectivity index (χ2n) is 3.26. The lowest BCUT2D eigenvalue weighted by Gasteiger charge is -2.14. The standard InChI is InChI=1S/C9H16ClN3S/c1-2-3-8(4-5-10)6-11-9-13-12-7-14-9/h7-8H,2-6H2,1H3,(H,11,13). The van der Waals surface area contributed by atoms with Crippen LogP contribution < -0.4 is 5.32 Å². The lowest BCUT2D eigenvalue weighted by atomic mass is 10.0. The van der Waals surface area contributed by atoms with Crippen molar-refractivity contribution in [1.29, 1.82) is 0 Å². The zero-order valence-electron chi connectivity index (χ0n) is 8.37. The fourth-order valence-electron chi connectivity index (χ4n) is 1.39. The molecule has 1 N–H and O–H groups in total. The molecule has 0 saturated heterocycles. The van der Waals surface area contributed by atoms with Crippen molar-refractivity contribution in [2.75, 3.05) is 17.7 Å². The highest BCUT2D eigenvalue weighted by Crippen LogP contribution is 2.15. The van der Waals surface area contributed by atoms with Gasteiger partial charge in [-0.05, 0) is 18.8 Å². The van der Waals surface area contributed by atoms with E-state index in [0.717, 1.165) is 24.0 Å². The number of rotatable bonds is 7. The van der Waals surface area contributed by atoms with Gasteiger partial charge in [-0.15, -0.1) is 21.8 Å². The summed E-state index contributed by atoms with van der Waals surface area (Å²) in [5.41, 5.74) is 1.73. The predicted molar refractivity (Wildman–Crippen MR) is 62.1 cm³/mol. The van der Waals surface area contributed by atoms with E-state index in [9.17, 15) is 0 Å². The molecular formula is C9H16ClN3S. The SMILES string of the molecule is CCCC(CCCl)CNc1nncs1. The third-order valence-electron chi connectivity index (χ3n) is 2.12. The molecule has 1 heterocycles. The molecule has 1 rings (SSSR count). The minimum Gasteiger partial charge on any atom is -0.360 e. The van der Waals surface area contributed by atoms with Crippen LogP contribution in [0.3, 0.4) is 0 Å². The summed E-state index contributed by atoms with van der Waals surface area (Å²) in [5.74, 6) is 1.39. The Hall–Kier alpha value is -0.350. The molecule has 5 heteroatoms. The third-order valence-corrected chi connectivity index (χ3v) is 2.98. The van der Waals surface area contributed by atoms with Crippen molar-refractivity contribution < 1.29 is 0 Å². The first-order valence-electron chi connectivity index (χ1n) is 4.92. The van der Waals surface area contributed by atoms with E-state index in [1.54, 1.807) is 5.51 Å². The molecule has 1 aromatic rings. The predicted octanol–water partition coefficient (Wildman–Crippen LogP) is 3.00. The number of alkyl halides is 1. The topological polar surface area (TPSA) is 37.8 Å². The normalized spacial score (nSPS) is 12.7. The maximum absolute atomic E-state index is 5.74. The average Bonchev–Trinajstić information content (AvgIpc) is 2.67. The fraction of sp³-hybridized carbons (Fsp3) is 0.778. The number of hydrogen-bond acceptors (Lipinski definition) is 4. The first kappa shape index (κ1) is 11.7. The van der Waals surface area contributed by atoms with Crippen LogP contribution in [0.2, 0.25) is 0 Å². The lowest BCUT2D eigenvalue weighted by molar-refractivity contribution is 0.490. The van der Waals surface area contributed by atoms with Crippen molar-refractivity contribution in [3.63, 3.8) is 0 Å². The Morgan fingerprint density at radius 3 is 3.00 bits per heavy atom. The maximum Gasteiger partial charge on any atom is 0.205 e. The molecule has 0 bridgehead atoms. The van der Waals surface area contributed by atoms with Crippen LogP contribution in [0.15, 0.2) is 5.51 Å². The van der Waals surface area contributed by atoms with Gasteiger partial charge in [0.1, 0.15) is 5.51 Å². The van der Waals surface area contributed by atoms with Crippen LogP contribution in [-0.2, 0) is 0 Å². The van der Waals surface area contributed by atoms with Gasteiger partial charge in [0.2, 0.25) is 5.13 Å². The first-order chi connectivity index (χ1) is 6.86. The van der Waals surface area contributed by atoms with Gasteiger partial charge in [-0.25, -0.2) is 0 Å². The number of nitrogens with zero attached hydrogens (tertiary/aromatic N) is 2. The summed E-state index contributed by atoms with van der Waals surface area (Å²) in [4.78, 5) is 0. The van der Waals surface area contributed by atoms with Crippen LogP contribution >= 0.6 is 22.9 Å². The van der Waals surface area contributed by atoms with Crippen LogP contribution in [0.4, 0.5) is 5.13 Å². The molecule has 0 amide bonds. The number of anilines is 1. The molecule has 0 spiro atoms. The Morgan fingerprint density at radius 1 is 1.57 bits per heavy atom. The molecular weight excluding hydrogens is 218 g/mol. The monoisotopic (exact) mass is 233 g/mol. The van der Waals surface area contributed by atoms with Crippen molar-refractivity contribution in [1.82, 2.24) is 10.2 Å². The van der Waals surface area contributed by atoms with E-state index in [4.69, 9.17) is 11.6 Å². The van der Waals surface area contributed by atoms with Crippen molar-refractivity contribution in [2.45, 2.75) is 26.2 Å². The highest BCUT2D eigenvalue weighted by atomic mass is 35.5. The minimum atomic E-state index is 0.654. The first-order valence-corrected chi connectivity index (χ1v) is 6.34. The summed E-state index contributed by atoms with van der Waals surface area (Å²) in [6.07, 6.45) is 3.50. The van der Waals surface area contributed by atoms with Crippen LogP contribution in [0, 0.1) is 5.92 Å². The smallest absolute Gasteiger partial charge is 0.205 e. The van der Waals surface area contributed by atoms with Crippen LogP contribution in [0.1, 0.15) is 26.2 Å². The number of nitrogens with one attached hydrogen (secondary N) is 1. The molecule has 0 radical (unpaired) electrons. The largest absolute Gasteiger partial charge is 0.360 e. The molecule has 0 fully saturated rings. The highest BCUT2D eigenvalue weighted by Gasteiger charge is 2.07. The molecule has 1 unspecified atom stereocenters. The van der Waals surface area contributed by atoms with Gasteiger partial charge in [-0.2, -0.15) is 0 Å². The summed E-state index contributed by atoms with van der Waals surface area (Å²) in [7, 11) is 0. The van der Waals surface area contributed by atoms with E-state index < -0.39 is 0 Å². The van der Waals surface area contributed by atoms with E-state index >= 15 is 0 Å². The summed E-state index contributed by atoms with van der Waals surface area (Å²) >= 11 is 7.27. The summed E-state index contributed by atoms with van der Waals surface area (Å²) < 4.78 is 0. The Labute approximate surface area is 93.9 Å². The van der Waals surface area contributed by atoms with Crippen LogP contribution in [0.5, 0.6) is 0 Å². The summed E-state index contributed by atoms with van der Waals surface area (Å²) in [6, 6.07) is 0. The van der Waals surface area contributed by atoms with E-state index in [1.165, 1.54) is 24.2 Å². The molecule has 1 atom stereocenters. The number of aromatic nitrogens is 2. The van der Waals surface area contributed by atoms with Gasteiger partial charge in [0.15, 0.2) is 0 Å². The number of halogens is 1. The van der Waals surface area contributed by atoms with Crippen LogP contribution in [0.25, 0.3) is 0 Å². The van der Waals surface area contributed by atoms with Crippen molar-refractivity contribution in [3.05, 3.63) is 5.51 Å². The molecule has 0 aromatic carbocycles. The second kappa shape index (κ2) is 7.01. The third kappa shape index (κ3) is 4.24. The number of hydrogen-bond donors (Lipinski definition) is 1. The Kier molecular flexibility index (Phi) is 5.87. The van der Waals surface area contributed by atoms with Gasteiger partial charge in [0, 0.05) is 12.4 Å². The summed E-state index contributed by atoms with van der Waals surface area (Å²) in [5, 5.41) is 11.9. The molecule has 3 nitrogen and oxygen atoms in total. The zero-order chi connectivity index (χ0) is 10.2. The van der Waals surface area contributed by atoms with Crippen molar-refractivity contribution in [2.24, 2.45) is 5.92 Å². The van der Waals surface area contributed by atoms with E-state index in [-0.39, 0.29) is 0 Å². The molecule has 0 saturated carbocycles. The molecule has 1 aromatic heterocycles. The quantitative estimate of drug-likeness (QED) is 0.736. The average molecular weight is 234 g/mol. The molecule has 0 aliphatic heterocycles. The van der Waals surface area contributed by atoms with Gasteiger partial charge in [-0.3, -0.25) is 0 Å². The van der Waals surface area contributed by atoms with Gasteiger partial charge in [0.25, 0.3) is 0 Å². The fourth-order valence-corrected chi connectivity index (χ4v) is 2.16. The van der Waals surface area contributed by atoms with Gasteiger partial charge >= 0.3 is 0 Å². The minimum absolute atomic E-state index is 0.654. The van der Waals surface area contributed by atoms with Crippen molar-refractivity contribution >= 4 is 28.1 Å². The molecule has 0 aliphatic rings. The Balaban J connectivity index is 2.25. The van der Waals surface area contributed by atoms with E-state index in [1.807, 2.05) is 0 Å². The zero-order valence-corrected chi connectivity index (χ0v) is 9.94. The van der Waals surface area contributed by atoms with E-state index in [2.05, 4.69) is 22.4 Å². The van der Waals surface area contributed by atoms with E-state index in [0.29, 0.717) is 5.92 Å². The molecule has 0 aliphatic carbocycles. The highest BCUT2D eigenvalue weighted by molar-refractivity contribution is 7.13. The second-order valence-corrected chi connectivity index (χ2v) is 4.47. The van der Waals surface area contributed by atoms with Gasteiger partial charge in [-0.1, -0.05) is 24.7 Å². The Bertz CT molecular complexity index is 222. The van der Waals surface area contributed by atoms with Crippen LogP contribution in [-0.4, -0.2) is 22.6 Å². The Morgan fingerprint density at radius 2 is 2.43 bits per heavy atom. The lowest BCUT2D eigenvalue weighted by Crippen LogP contribution is -2.14. The van der Waals surface area contributed by atoms with Gasteiger partial charge < -0.3 is 5.32 Å². The molecule has 14 heavy (non-hydrogen) atoms. The maximum atomic E-state index is 5.74. The summed E-state index contributed by atoms with van der Waals surface area (Å²) in [6.45, 7) is 3.15. The van der Waals surface area contributed by atoms with Gasteiger partial charge in [0.05, 0.1) is 0 Å².